The Kier molecular flexibility index (Phi) is 4.35. The van der Waals surface area contributed by atoms with Crippen molar-refractivity contribution in [1.29, 1.82) is 0 Å². The number of aromatic nitrogens is 1. The number of hydrogen-bond acceptors (Lipinski definition) is 3. The number of carbonyl (C=O) groups is 1. The average Bonchev–Trinajstić information content (AvgIpc) is 2.64. The third-order valence-corrected chi connectivity index (χ3v) is 3.34. The van der Waals surface area contributed by atoms with E-state index in [0.717, 1.165) is 31.9 Å². The van der Waals surface area contributed by atoms with E-state index in [1.807, 2.05) is 18.7 Å². The smallest absolute Gasteiger partial charge is 0.225 e. The van der Waals surface area contributed by atoms with Gasteiger partial charge in [-0.3, -0.25) is 4.79 Å². The molecule has 0 N–H and O–H groups in total. The average molecular weight is 265 g/mol. The lowest BCUT2D eigenvalue weighted by molar-refractivity contribution is -0.134. The number of hydrogen-bond donors (Lipinski definition) is 0. The molecular weight excluding hydrogens is 245 g/mol. The molecule has 2 heterocycles. The van der Waals surface area contributed by atoms with Gasteiger partial charge in [-0.15, -0.1) is 0 Å². The van der Waals surface area contributed by atoms with Crippen molar-refractivity contribution < 1.29 is 9.18 Å². The third kappa shape index (κ3) is 3.43. The van der Waals surface area contributed by atoms with Crippen LogP contribution in [0.1, 0.15) is 20.3 Å². The zero-order valence-electron chi connectivity index (χ0n) is 11.5. The van der Waals surface area contributed by atoms with Gasteiger partial charge in [0.1, 0.15) is 11.6 Å². The van der Waals surface area contributed by atoms with Crippen molar-refractivity contribution in [1.82, 2.24) is 9.88 Å². The first-order chi connectivity index (χ1) is 9.08. The van der Waals surface area contributed by atoms with E-state index in [-0.39, 0.29) is 17.6 Å². The van der Waals surface area contributed by atoms with Crippen LogP contribution in [-0.4, -0.2) is 42.0 Å². The number of rotatable bonds is 2. The van der Waals surface area contributed by atoms with Crippen LogP contribution in [0.25, 0.3) is 0 Å². The zero-order chi connectivity index (χ0) is 13.8. The van der Waals surface area contributed by atoms with Gasteiger partial charge in [-0.1, -0.05) is 13.8 Å². The predicted molar refractivity (Wildman–Crippen MR) is 72.4 cm³/mol. The lowest BCUT2D eigenvalue weighted by Gasteiger charge is -2.24. The van der Waals surface area contributed by atoms with E-state index in [2.05, 4.69) is 9.88 Å². The molecule has 19 heavy (non-hydrogen) atoms. The molecule has 0 spiro atoms. The highest BCUT2D eigenvalue weighted by Gasteiger charge is 2.21. The lowest BCUT2D eigenvalue weighted by atomic mass is 10.2. The number of amides is 1. The minimum absolute atomic E-state index is 0.0375. The Labute approximate surface area is 113 Å². The first-order valence-electron chi connectivity index (χ1n) is 6.73. The van der Waals surface area contributed by atoms with Crippen molar-refractivity contribution in [3.63, 3.8) is 0 Å². The Hall–Kier alpha value is -1.65. The summed E-state index contributed by atoms with van der Waals surface area (Å²) in [5.74, 6) is 0.694. The Morgan fingerprint density at radius 1 is 1.26 bits per heavy atom. The van der Waals surface area contributed by atoms with Gasteiger partial charge in [0.15, 0.2) is 0 Å². The first kappa shape index (κ1) is 13.8. The zero-order valence-corrected chi connectivity index (χ0v) is 11.5. The van der Waals surface area contributed by atoms with E-state index in [9.17, 15) is 9.18 Å². The van der Waals surface area contributed by atoms with Gasteiger partial charge in [-0.05, 0) is 18.6 Å². The van der Waals surface area contributed by atoms with E-state index in [1.54, 1.807) is 6.07 Å². The third-order valence-electron chi connectivity index (χ3n) is 3.34. The summed E-state index contributed by atoms with van der Waals surface area (Å²) in [6.45, 7) is 6.93. The fourth-order valence-electron chi connectivity index (χ4n) is 2.29. The van der Waals surface area contributed by atoms with Crippen molar-refractivity contribution >= 4 is 11.7 Å². The van der Waals surface area contributed by atoms with Gasteiger partial charge in [0.05, 0.1) is 6.20 Å². The molecule has 1 fully saturated rings. The summed E-state index contributed by atoms with van der Waals surface area (Å²) in [4.78, 5) is 20.1. The molecule has 104 valence electrons. The van der Waals surface area contributed by atoms with Gasteiger partial charge in [0.2, 0.25) is 5.91 Å². The standard InChI is InChI=1S/C14H20FN3O/c1-11(2)14(19)18-7-3-6-17(8-9-18)13-5-4-12(15)10-16-13/h4-5,10-11H,3,6-9H2,1-2H3. The summed E-state index contributed by atoms with van der Waals surface area (Å²) in [5.41, 5.74) is 0. The van der Waals surface area contributed by atoms with Crippen LogP contribution in [0.15, 0.2) is 18.3 Å². The molecule has 1 aromatic heterocycles. The van der Waals surface area contributed by atoms with Crippen molar-refractivity contribution in [3.05, 3.63) is 24.1 Å². The molecule has 1 aliphatic rings. The van der Waals surface area contributed by atoms with Crippen LogP contribution in [-0.2, 0) is 4.79 Å². The lowest BCUT2D eigenvalue weighted by Crippen LogP contribution is -2.37. The van der Waals surface area contributed by atoms with Gasteiger partial charge in [0.25, 0.3) is 0 Å². The number of carbonyl (C=O) groups excluding carboxylic acids is 1. The molecule has 0 aromatic carbocycles. The van der Waals surface area contributed by atoms with E-state index in [0.29, 0.717) is 6.54 Å². The molecule has 0 unspecified atom stereocenters. The highest BCUT2D eigenvalue weighted by Crippen LogP contribution is 2.15. The summed E-state index contributed by atoms with van der Waals surface area (Å²) in [6, 6.07) is 3.11. The highest BCUT2D eigenvalue weighted by molar-refractivity contribution is 5.78. The van der Waals surface area contributed by atoms with Crippen LogP contribution in [0.2, 0.25) is 0 Å². The van der Waals surface area contributed by atoms with Crippen molar-refractivity contribution in [2.75, 3.05) is 31.1 Å². The van der Waals surface area contributed by atoms with Crippen molar-refractivity contribution in [2.45, 2.75) is 20.3 Å². The minimum Gasteiger partial charge on any atom is -0.355 e. The molecule has 0 atom stereocenters. The normalized spacial score (nSPS) is 16.6. The molecule has 0 bridgehead atoms. The molecule has 1 aromatic rings. The number of nitrogens with zero attached hydrogens (tertiary/aromatic N) is 3. The Balaban J connectivity index is 2.00. The van der Waals surface area contributed by atoms with Gasteiger partial charge < -0.3 is 9.80 Å². The number of halogens is 1. The van der Waals surface area contributed by atoms with Gasteiger partial charge in [0, 0.05) is 32.1 Å². The molecule has 1 amide bonds. The van der Waals surface area contributed by atoms with E-state index >= 15 is 0 Å². The summed E-state index contributed by atoms with van der Waals surface area (Å²) >= 11 is 0. The predicted octanol–water partition coefficient (Wildman–Crippen LogP) is 1.92. The van der Waals surface area contributed by atoms with E-state index < -0.39 is 0 Å². The van der Waals surface area contributed by atoms with Gasteiger partial charge >= 0.3 is 0 Å². The van der Waals surface area contributed by atoms with Crippen LogP contribution in [0.4, 0.5) is 10.2 Å². The maximum absolute atomic E-state index is 12.9. The van der Waals surface area contributed by atoms with E-state index in [4.69, 9.17) is 0 Å². The number of pyridine rings is 1. The van der Waals surface area contributed by atoms with Crippen molar-refractivity contribution in [3.8, 4) is 0 Å². The molecule has 2 rings (SSSR count). The Morgan fingerprint density at radius 2 is 2.05 bits per heavy atom. The SMILES string of the molecule is CC(C)C(=O)N1CCCN(c2ccc(F)cn2)CC1. The van der Waals surface area contributed by atoms with Crippen molar-refractivity contribution in [2.24, 2.45) is 5.92 Å². The Morgan fingerprint density at radius 3 is 2.68 bits per heavy atom. The minimum atomic E-state index is -0.324. The fraction of sp³-hybridized carbons (Fsp3) is 0.571. The number of anilines is 1. The quantitative estimate of drug-likeness (QED) is 0.819. The van der Waals surface area contributed by atoms with Crippen LogP contribution in [0.5, 0.6) is 0 Å². The largest absolute Gasteiger partial charge is 0.355 e. The second-order valence-electron chi connectivity index (χ2n) is 5.16. The molecule has 0 saturated carbocycles. The molecule has 1 saturated heterocycles. The topological polar surface area (TPSA) is 36.4 Å². The summed E-state index contributed by atoms with van der Waals surface area (Å²) < 4.78 is 12.9. The molecule has 4 nitrogen and oxygen atoms in total. The summed E-state index contributed by atoms with van der Waals surface area (Å²) in [6.07, 6.45) is 2.15. The second-order valence-corrected chi connectivity index (χ2v) is 5.16. The van der Waals surface area contributed by atoms with Gasteiger partial charge in [-0.25, -0.2) is 9.37 Å². The first-order valence-corrected chi connectivity index (χ1v) is 6.73. The second kappa shape index (κ2) is 5.99. The Bertz CT molecular complexity index is 433. The van der Waals surface area contributed by atoms with Crippen LogP contribution in [0, 0.1) is 11.7 Å². The molecule has 0 aliphatic carbocycles. The maximum Gasteiger partial charge on any atom is 0.225 e. The van der Waals surface area contributed by atoms with Crippen LogP contribution >= 0.6 is 0 Å². The highest BCUT2D eigenvalue weighted by atomic mass is 19.1. The fourth-order valence-corrected chi connectivity index (χ4v) is 2.29. The maximum atomic E-state index is 12.9. The monoisotopic (exact) mass is 265 g/mol. The summed E-state index contributed by atoms with van der Waals surface area (Å²) in [5, 5.41) is 0. The molecule has 1 aliphatic heterocycles. The van der Waals surface area contributed by atoms with Gasteiger partial charge in [-0.2, -0.15) is 0 Å². The molecular formula is C14H20FN3O. The molecule has 0 radical (unpaired) electrons. The van der Waals surface area contributed by atoms with E-state index in [1.165, 1.54) is 12.3 Å². The van der Waals surface area contributed by atoms with Crippen LogP contribution in [0.3, 0.4) is 0 Å². The van der Waals surface area contributed by atoms with Crippen LogP contribution < -0.4 is 4.90 Å². The summed E-state index contributed by atoms with van der Waals surface area (Å²) in [7, 11) is 0. The molecule has 5 heteroatoms.